The summed E-state index contributed by atoms with van der Waals surface area (Å²) >= 11 is 5.79. The lowest BCUT2D eigenvalue weighted by molar-refractivity contribution is 0.135. The molecule has 0 bridgehead atoms. The van der Waals surface area contributed by atoms with Crippen molar-refractivity contribution < 1.29 is 18.3 Å². The zero-order valence-corrected chi connectivity index (χ0v) is 14.6. The molecule has 3 rings (SSSR count). The van der Waals surface area contributed by atoms with E-state index in [0.717, 1.165) is 25.0 Å². The van der Waals surface area contributed by atoms with Gasteiger partial charge >= 0.3 is 6.03 Å². The van der Waals surface area contributed by atoms with E-state index in [4.69, 9.17) is 16.3 Å². The predicted octanol–water partition coefficient (Wildman–Crippen LogP) is 4.52. The number of urea groups is 1. The summed E-state index contributed by atoms with van der Waals surface area (Å²) in [4.78, 5) is 16.1. The first-order chi connectivity index (χ1) is 12.5. The van der Waals surface area contributed by atoms with Crippen LogP contribution in [0.2, 0.25) is 5.02 Å². The molecule has 0 spiro atoms. The van der Waals surface area contributed by atoms with Crippen molar-refractivity contribution >= 4 is 23.3 Å². The maximum Gasteiger partial charge on any atom is 0.319 e. The molecule has 8 heteroatoms. The van der Waals surface area contributed by atoms with E-state index in [-0.39, 0.29) is 12.1 Å². The van der Waals surface area contributed by atoms with Crippen LogP contribution in [0.1, 0.15) is 25.7 Å². The quantitative estimate of drug-likeness (QED) is 0.818. The lowest BCUT2D eigenvalue weighted by Crippen LogP contribution is -2.42. The Kier molecular flexibility index (Phi) is 5.88. The number of carbonyl (C=O) groups excluding carboxylic acids is 1. The third kappa shape index (κ3) is 4.82. The zero-order valence-electron chi connectivity index (χ0n) is 13.8. The Morgan fingerprint density at radius 2 is 1.81 bits per heavy atom. The maximum absolute atomic E-state index is 13.6. The fourth-order valence-electron chi connectivity index (χ4n) is 2.88. The van der Waals surface area contributed by atoms with Gasteiger partial charge in [0.2, 0.25) is 5.88 Å². The van der Waals surface area contributed by atoms with Crippen molar-refractivity contribution in [3.63, 3.8) is 0 Å². The minimum atomic E-state index is -0.812. The molecular weight excluding hydrogens is 364 g/mol. The maximum atomic E-state index is 13.6. The number of halogens is 3. The monoisotopic (exact) mass is 381 g/mol. The number of nitrogens with zero attached hydrogens (tertiary/aromatic N) is 1. The molecule has 26 heavy (non-hydrogen) atoms. The summed E-state index contributed by atoms with van der Waals surface area (Å²) in [6.45, 7) is 0. The van der Waals surface area contributed by atoms with Crippen molar-refractivity contribution in [3.05, 3.63) is 53.2 Å². The lowest BCUT2D eigenvalue weighted by atomic mass is 9.93. The van der Waals surface area contributed by atoms with Crippen molar-refractivity contribution in [2.75, 3.05) is 5.32 Å². The first kappa shape index (κ1) is 18.4. The highest BCUT2D eigenvalue weighted by Crippen LogP contribution is 2.24. The Morgan fingerprint density at radius 1 is 1.12 bits per heavy atom. The smallest absolute Gasteiger partial charge is 0.319 e. The molecule has 1 heterocycles. The Bertz CT molecular complexity index is 745. The zero-order chi connectivity index (χ0) is 18.5. The highest BCUT2D eigenvalue weighted by molar-refractivity contribution is 6.30. The van der Waals surface area contributed by atoms with Crippen LogP contribution >= 0.6 is 11.6 Å². The number of hydrogen-bond acceptors (Lipinski definition) is 3. The second-order valence-electron chi connectivity index (χ2n) is 6.10. The van der Waals surface area contributed by atoms with Crippen LogP contribution in [0.4, 0.5) is 19.3 Å². The van der Waals surface area contributed by atoms with Gasteiger partial charge in [-0.15, -0.1) is 0 Å². The molecule has 5 nitrogen and oxygen atoms in total. The van der Waals surface area contributed by atoms with Gasteiger partial charge in [-0.3, -0.25) is 0 Å². The molecule has 1 aromatic carbocycles. The summed E-state index contributed by atoms with van der Waals surface area (Å²) in [5.74, 6) is -1.11. The Morgan fingerprint density at radius 3 is 2.42 bits per heavy atom. The fraction of sp³-hybridized carbons (Fsp3) is 0.333. The van der Waals surface area contributed by atoms with E-state index in [0.29, 0.717) is 23.7 Å². The number of anilines is 1. The van der Waals surface area contributed by atoms with Crippen LogP contribution in [-0.2, 0) is 0 Å². The molecule has 0 saturated heterocycles. The molecule has 0 atom stereocenters. The molecule has 0 radical (unpaired) electrons. The van der Waals surface area contributed by atoms with Crippen molar-refractivity contribution in [2.24, 2.45) is 0 Å². The van der Waals surface area contributed by atoms with Gasteiger partial charge < -0.3 is 15.4 Å². The van der Waals surface area contributed by atoms with Gasteiger partial charge in [-0.25, -0.2) is 18.6 Å². The van der Waals surface area contributed by atoms with Gasteiger partial charge in [-0.2, -0.15) is 0 Å². The van der Waals surface area contributed by atoms with Gasteiger partial charge in [0.25, 0.3) is 0 Å². The Labute approximate surface area is 154 Å². The summed E-state index contributed by atoms with van der Waals surface area (Å²) < 4.78 is 32.9. The summed E-state index contributed by atoms with van der Waals surface area (Å²) in [5, 5.41) is 5.51. The van der Waals surface area contributed by atoms with Crippen molar-refractivity contribution in [3.8, 4) is 5.88 Å². The molecule has 2 amide bonds. The standard InChI is InChI=1S/C18H18ClF2N3O2/c19-11-4-9-16(22-10-11)26-13-7-5-12(6-8-13)23-18(25)24-17-14(20)2-1-3-15(17)21/h1-4,9-10,12-13H,5-8H2,(H2,23,24,25). The molecule has 0 aliphatic heterocycles. The van der Waals surface area contributed by atoms with E-state index < -0.39 is 23.4 Å². The number of hydrogen-bond donors (Lipinski definition) is 2. The number of ether oxygens (including phenoxy) is 1. The van der Waals surface area contributed by atoms with Gasteiger partial charge in [0.15, 0.2) is 0 Å². The first-order valence-electron chi connectivity index (χ1n) is 8.31. The van der Waals surface area contributed by atoms with E-state index in [2.05, 4.69) is 15.6 Å². The van der Waals surface area contributed by atoms with E-state index in [9.17, 15) is 13.6 Å². The van der Waals surface area contributed by atoms with Crippen molar-refractivity contribution in [1.29, 1.82) is 0 Å². The third-order valence-corrected chi connectivity index (χ3v) is 4.42. The largest absolute Gasteiger partial charge is 0.474 e. The molecule has 1 aliphatic rings. The van der Waals surface area contributed by atoms with Gasteiger partial charge in [0.1, 0.15) is 23.4 Å². The lowest BCUT2D eigenvalue weighted by Gasteiger charge is -2.29. The number of carbonyl (C=O) groups is 1. The molecule has 1 aliphatic carbocycles. The number of benzene rings is 1. The van der Waals surface area contributed by atoms with E-state index in [1.807, 2.05) is 0 Å². The van der Waals surface area contributed by atoms with Crippen molar-refractivity contribution in [2.45, 2.75) is 37.8 Å². The van der Waals surface area contributed by atoms with Gasteiger partial charge in [0.05, 0.1) is 5.02 Å². The highest BCUT2D eigenvalue weighted by atomic mass is 35.5. The van der Waals surface area contributed by atoms with Crippen LogP contribution in [0, 0.1) is 11.6 Å². The molecule has 138 valence electrons. The molecule has 2 N–H and O–H groups in total. The average molecular weight is 382 g/mol. The van der Waals surface area contributed by atoms with Crippen LogP contribution in [0.25, 0.3) is 0 Å². The van der Waals surface area contributed by atoms with Crippen LogP contribution in [0.5, 0.6) is 5.88 Å². The molecule has 0 unspecified atom stereocenters. The van der Waals surface area contributed by atoms with Crippen LogP contribution in [-0.4, -0.2) is 23.2 Å². The van der Waals surface area contributed by atoms with Gasteiger partial charge in [-0.1, -0.05) is 17.7 Å². The van der Waals surface area contributed by atoms with E-state index >= 15 is 0 Å². The number of rotatable bonds is 4. The van der Waals surface area contributed by atoms with Crippen LogP contribution < -0.4 is 15.4 Å². The van der Waals surface area contributed by atoms with Crippen LogP contribution in [0.3, 0.4) is 0 Å². The van der Waals surface area contributed by atoms with E-state index in [1.54, 1.807) is 12.1 Å². The molecule has 1 fully saturated rings. The van der Waals surface area contributed by atoms with Crippen molar-refractivity contribution in [1.82, 2.24) is 10.3 Å². The molecule has 1 aromatic heterocycles. The third-order valence-electron chi connectivity index (χ3n) is 4.20. The minimum Gasteiger partial charge on any atom is -0.474 e. The fourth-order valence-corrected chi connectivity index (χ4v) is 2.99. The summed E-state index contributed by atoms with van der Waals surface area (Å²) in [5.41, 5.74) is -0.448. The SMILES string of the molecule is O=C(Nc1c(F)cccc1F)NC1CCC(Oc2ccc(Cl)cn2)CC1. The van der Waals surface area contributed by atoms with E-state index in [1.165, 1.54) is 12.3 Å². The molecule has 1 saturated carbocycles. The topological polar surface area (TPSA) is 63.2 Å². The normalized spacial score (nSPS) is 19.7. The molecule has 2 aromatic rings. The second-order valence-corrected chi connectivity index (χ2v) is 6.54. The number of aromatic nitrogens is 1. The predicted molar refractivity (Wildman–Crippen MR) is 94.4 cm³/mol. The molecular formula is C18H18ClF2N3O2. The number of nitrogens with one attached hydrogen (secondary N) is 2. The van der Waals surface area contributed by atoms with Gasteiger partial charge in [0, 0.05) is 18.3 Å². The summed E-state index contributed by atoms with van der Waals surface area (Å²) in [7, 11) is 0. The Balaban J connectivity index is 1.46. The number of para-hydroxylation sites is 1. The van der Waals surface area contributed by atoms with Crippen LogP contribution in [0.15, 0.2) is 36.5 Å². The average Bonchev–Trinajstić information content (AvgIpc) is 2.62. The second kappa shape index (κ2) is 8.31. The number of amides is 2. The Hall–Kier alpha value is -2.41. The minimum absolute atomic E-state index is 0.00815. The first-order valence-corrected chi connectivity index (χ1v) is 8.69. The number of pyridine rings is 1. The summed E-state index contributed by atoms with van der Waals surface area (Å²) in [6, 6.07) is 6.13. The summed E-state index contributed by atoms with van der Waals surface area (Å²) in [6.07, 6.45) is 4.41. The highest BCUT2D eigenvalue weighted by Gasteiger charge is 2.24. The van der Waals surface area contributed by atoms with Gasteiger partial charge in [-0.05, 0) is 43.9 Å².